The lowest BCUT2D eigenvalue weighted by molar-refractivity contribution is -0.111. The van der Waals surface area contributed by atoms with E-state index in [9.17, 15) is 4.79 Å². The molecule has 0 spiro atoms. The summed E-state index contributed by atoms with van der Waals surface area (Å²) in [5, 5.41) is 11.1. The maximum atomic E-state index is 12.5. The van der Waals surface area contributed by atoms with Crippen molar-refractivity contribution in [3.8, 4) is 29.1 Å². The molecule has 0 radical (unpaired) electrons. The van der Waals surface area contributed by atoms with E-state index in [4.69, 9.17) is 9.47 Å². The summed E-state index contributed by atoms with van der Waals surface area (Å²) in [6.45, 7) is 8.94. The Morgan fingerprint density at radius 1 is 1.00 bits per heavy atom. The zero-order valence-corrected chi connectivity index (χ0v) is 24.9. The molecule has 2 aromatic carbocycles. The second-order valence-electron chi connectivity index (χ2n) is 10.5. The fraction of sp³-hybridized carbons (Fsp3) is 0.281. The highest BCUT2D eigenvalue weighted by atomic mass is 16.5. The normalized spacial score (nSPS) is 13.8. The summed E-state index contributed by atoms with van der Waals surface area (Å²) in [5.74, 6) is 7.26. The third kappa shape index (κ3) is 6.70. The van der Waals surface area contributed by atoms with Crippen LogP contribution in [0.1, 0.15) is 12.5 Å². The number of carbonyl (C=O) groups excluding carboxylic acids is 1. The van der Waals surface area contributed by atoms with Crippen molar-refractivity contribution in [1.82, 2.24) is 34.4 Å². The number of aromatic nitrogens is 5. The monoisotopic (exact) mass is 591 g/mol. The van der Waals surface area contributed by atoms with Crippen LogP contribution in [0.4, 0.5) is 17.2 Å². The Kier molecular flexibility index (Phi) is 8.49. The Bertz CT molecular complexity index is 1870. The lowest BCUT2D eigenvalue weighted by atomic mass is 10.1. The summed E-state index contributed by atoms with van der Waals surface area (Å²) < 4.78 is 14.0. The number of hydrogen-bond acceptors (Lipinski definition) is 10. The molecule has 6 rings (SSSR count). The van der Waals surface area contributed by atoms with E-state index >= 15 is 0 Å². The molecule has 224 valence electrons. The minimum Gasteiger partial charge on any atom is -0.490 e. The number of piperazine rings is 1. The Labute approximate surface area is 255 Å². The summed E-state index contributed by atoms with van der Waals surface area (Å²) in [5.41, 5.74) is 3.63. The first-order valence-corrected chi connectivity index (χ1v) is 14.4. The standard InChI is InChI=1S/C32H33N9O3/c1-4-5-31(42)38-27-18-25-26(19-29(27)43-15-14-40-12-10-39(3)11-13-40)33-20-35-32(25)37-23-6-7-28(22(2)16-23)44-24-8-9-41-30(17-24)34-21-36-41/h6-9,16-21H,10-15H2,1-3H3,(H,38,42)(H,33,35,37). The van der Waals surface area contributed by atoms with E-state index in [1.165, 1.54) is 12.7 Å². The molecule has 2 N–H and O–H groups in total. The number of amides is 1. The number of hydrogen-bond donors (Lipinski definition) is 2. The molecule has 12 nitrogen and oxygen atoms in total. The first kappa shape index (κ1) is 28.9. The van der Waals surface area contributed by atoms with Gasteiger partial charge in [-0.25, -0.2) is 19.5 Å². The predicted octanol–water partition coefficient (Wildman–Crippen LogP) is 4.10. The minimum absolute atomic E-state index is 0.420. The molecule has 4 heterocycles. The van der Waals surface area contributed by atoms with Gasteiger partial charge in [0, 0.05) is 62.1 Å². The van der Waals surface area contributed by atoms with E-state index in [1.807, 2.05) is 49.4 Å². The van der Waals surface area contributed by atoms with Crippen LogP contribution < -0.4 is 20.1 Å². The second kappa shape index (κ2) is 12.9. The average molecular weight is 592 g/mol. The molecule has 44 heavy (non-hydrogen) atoms. The highest BCUT2D eigenvalue weighted by Gasteiger charge is 2.16. The number of rotatable bonds is 9. The minimum atomic E-state index is -0.420. The van der Waals surface area contributed by atoms with Gasteiger partial charge in [-0.2, -0.15) is 5.10 Å². The van der Waals surface area contributed by atoms with E-state index in [2.05, 4.69) is 59.4 Å². The highest BCUT2D eigenvalue weighted by Crippen LogP contribution is 2.34. The number of pyridine rings is 1. The van der Waals surface area contributed by atoms with Crippen molar-refractivity contribution in [2.45, 2.75) is 13.8 Å². The van der Waals surface area contributed by atoms with E-state index < -0.39 is 5.91 Å². The van der Waals surface area contributed by atoms with Crippen LogP contribution in [0.2, 0.25) is 0 Å². The molecular weight excluding hydrogens is 558 g/mol. The van der Waals surface area contributed by atoms with E-state index in [0.29, 0.717) is 46.5 Å². The molecule has 12 heteroatoms. The molecule has 0 aliphatic carbocycles. The maximum absolute atomic E-state index is 12.5. The first-order chi connectivity index (χ1) is 21.4. The van der Waals surface area contributed by atoms with Gasteiger partial charge in [-0.15, -0.1) is 0 Å². The molecule has 1 saturated heterocycles. The number of nitrogens with zero attached hydrogens (tertiary/aromatic N) is 7. The lowest BCUT2D eigenvalue weighted by Gasteiger charge is -2.32. The number of likely N-dealkylation sites (N-methyl/N-ethyl adjacent to an activating group) is 1. The Morgan fingerprint density at radius 3 is 2.68 bits per heavy atom. The number of aryl methyl sites for hydroxylation is 1. The molecule has 0 unspecified atom stereocenters. The zero-order chi connectivity index (χ0) is 30.5. The third-order valence-corrected chi connectivity index (χ3v) is 7.40. The van der Waals surface area contributed by atoms with Gasteiger partial charge in [-0.3, -0.25) is 9.69 Å². The molecule has 0 bridgehead atoms. The van der Waals surface area contributed by atoms with Crippen LogP contribution in [0.15, 0.2) is 61.3 Å². The van der Waals surface area contributed by atoms with E-state index in [0.717, 1.165) is 49.4 Å². The summed E-state index contributed by atoms with van der Waals surface area (Å²) in [6, 6.07) is 13.1. The van der Waals surface area contributed by atoms with Crippen molar-refractivity contribution in [2.24, 2.45) is 0 Å². The Morgan fingerprint density at radius 2 is 1.86 bits per heavy atom. The van der Waals surface area contributed by atoms with Crippen LogP contribution in [0, 0.1) is 18.8 Å². The molecule has 1 amide bonds. The number of anilines is 3. The molecule has 0 atom stereocenters. The van der Waals surface area contributed by atoms with Crippen molar-refractivity contribution < 1.29 is 14.3 Å². The molecule has 3 aromatic heterocycles. The van der Waals surface area contributed by atoms with Crippen LogP contribution in [-0.4, -0.2) is 86.7 Å². The smallest absolute Gasteiger partial charge is 0.300 e. The summed E-state index contributed by atoms with van der Waals surface area (Å²) in [6.07, 6.45) is 4.81. The van der Waals surface area contributed by atoms with Gasteiger partial charge in [0.05, 0.1) is 11.2 Å². The quantitative estimate of drug-likeness (QED) is 0.242. The molecule has 1 aliphatic rings. The highest BCUT2D eigenvalue weighted by molar-refractivity contribution is 6.06. The van der Waals surface area contributed by atoms with Crippen molar-refractivity contribution in [3.63, 3.8) is 0 Å². The fourth-order valence-corrected chi connectivity index (χ4v) is 4.99. The van der Waals surface area contributed by atoms with Gasteiger partial charge in [-0.05, 0) is 62.7 Å². The molecule has 1 aliphatic heterocycles. The largest absolute Gasteiger partial charge is 0.490 e. The van der Waals surface area contributed by atoms with Gasteiger partial charge in [0.25, 0.3) is 5.91 Å². The number of benzene rings is 2. The van der Waals surface area contributed by atoms with Gasteiger partial charge in [0.15, 0.2) is 5.65 Å². The molecule has 5 aromatic rings. The summed E-state index contributed by atoms with van der Waals surface area (Å²) in [4.78, 5) is 30.3. The Balaban J connectivity index is 1.22. The average Bonchev–Trinajstić information content (AvgIpc) is 3.48. The van der Waals surface area contributed by atoms with Crippen LogP contribution in [-0.2, 0) is 4.79 Å². The van der Waals surface area contributed by atoms with Gasteiger partial charge < -0.3 is 25.0 Å². The number of carbonyl (C=O) groups is 1. The van der Waals surface area contributed by atoms with Gasteiger partial charge >= 0.3 is 0 Å². The molecule has 0 saturated carbocycles. The maximum Gasteiger partial charge on any atom is 0.300 e. The zero-order valence-electron chi connectivity index (χ0n) is 24.9. The molecule has 1 fully saturated rings. The van der Waals surface area contributed by atoms with Crippen LogP contribution in [0.5, 0.6) is 17.2 Å². The second-order valence-corrected chi connectivity index (χ2v) is 10.5. The topological polar surface area (TPSA) is 122 Å². The van der Waals surface area contributed by atoms with Crippen molar-refractivity contribution in [3.05, 3.63) is 66.9 Å². The van der Waals surface area contributed by atoms with Gasteiger partial charge in [-0.1, -0.05) is 5.92 Å². The first-order valence-electron chi connectivity index (χ1n) is 14.4. The SMILES string of the molecule is CC#CC(=O)Nc1cc2c(Nc3ccc(Oc4ccn5ncnc5c4)c(C)c3)ncnc2cc1OCCN1CCN(C)CC1. The van der Waals surface area contributed by atoms with Crippen LogP contribution >= 0.6 is 0 Å². The van der Waals surface area contributed by atoms with Crippen molar-refractivity contribution >= 4 is 39.6 Å². The van der Waals surface area contributed by atoms with Crippen LogP contribution in [0.25, 0.3) is 16.6 Å². The van der Waals surface area contributed by atoms with Gasteiger partial charge in [0.1, 0.15) is 42.3 Å². The fourth-order valence-electron chi connectivity index (χ4n) is 4.99. The summed E-state index contributed by atoms with van der Waals surface area (Å²) >= 11 is 0. The third-order valence-electron chi connectivity index (χ3n) is 7.40. The number of ether oxygens (including phenoxy) is 2. The number of fused-ring (bicyclic) bond motifs is 2. The lowest BCUT2D eigenvalue weighted by Crippen LogP contribution is -2.45. The predicted molar refractivity (Wildman–Crippen MR) is 169 cm³/mol. The summed E-state index contributed by atoms with van der Waals surface area (Å²) in [7, 11) is 2.13. The number of nitrogens with one attached hydrogen (secondary N) is 2. The van der Waals surface area contributed by atoms with Crippen molar-refractivity contribution in [1.29, 1.82) is 0 Å². The van der Waals surface area contributed by atoms with Gasteiger partial charge in [0.2, 0.25) is 0 Å². The van der Waals surface area contributed by atoms with E-state index in [1.54, 1.807) is 17.6 Å². The van der Waals surface area contributed by atoms with Crippen molar-refractivity contribution in [2.75, 3.05) is 57.0 Å². The Hall–Kier alpha value is -5.25. The van der Waals surface area contributed by atoms with E-state index in [-0.39, 0.29) is 0 Å². The molecular formula is C32H33N9O3. The van der Waals surface area contributed by atoms with Crippen LogP contribution in [0.3, 0.4) is 0 Å².